The highest BCUT2D eigenvalue weighted by Gasteiger charge is 2.18. The average molecular weight is 365 g/mol. The number of halogens is 2. The van der Waals surface area contributed by atoms with Crippen molar-refractivity contribution >= 4 is 29.3 Å². The average Bonchev–Trinajstić information content (AvgIpc) is 2.58. The molecule has 2 aromatic rings. The zero-order valence-electron chi connectivity index (χ0n) is 13.5. The van der Waals surface area contributed by atoms with Crippen LogP contribution in [0.3, 0.4) is 0 Å². The van der Waals surface area contributed by atoms with Crippen LogP contribution in [0.4, 0.5) is 14.5 Å². The molecule has 7 heteroatoms. The monoisotopic (exact) mass is 365 g/mol. The van der Waals surface area contributed by atoms with Crippen molar-refractivity contribution in [3.63, 3.8) is 0 Å². The Morgan fingerprint density at radius 2 is 1.80 bits per heavy atom. The number of nitrogens with one attached hydrogen (secondary N) is 1. The fourth-order valence-corrected chi connectivity index (χ4v) is 2.72. The normalized spacial score (nSPS) is 11.6. The van der Waals surface area contributed by atoms with E-state index in [0.717, 1.165) is 4.90 Å². The fourth-order valence-electron chi connectivity index (χ4n) is 1.89. The molecular weight excluding hydrogens is 348 g/mol. The molecule has 0 aromatic heterocycles. The molecule has 0 bridgehead atoms. The summed E-state index contributed by atoms with van der Waals surface area (Å²) in [5.41, 5.74) is 0.0299. The van der Waals surface area contributed by atoms with Gasteiger partial charge in [-0.1, -0.05) is 12.1 Å². The number of amides is 1. The molecule has 0 radical (unpaired) electrons. The van der Waals surface area contributed by atoms with Crippen LogP contribution < -0.4 is 5.32 Å². The Morgan fingerprint density at radius 3 is 2.48 bits per heavy atom. The lowest BCUT2D eigenvalue weighted by Crippen LogP contribution is -2.30. The van der Waals surface area contributed by atoms with Gasteiger partial charge >= 0.3 is 5.97 Å². The molecule has 0 spiro atoms. The molecule has 2 rings (SSSR count). The van der Waals surface area contributed by atoms with Crippen molar-refractivity contribution in [2.45, 2.75) is 24.3 Å². The molecule has 1 amide bonds. The number of hydrogen-bond donors (Lipinski definition) is 1. The molecule has 2 aromatic carbocycles. The van der Waals surface area contributed by atoms with Gasteiger partial charge in [0.1, 0.15) is 11.6 Å². The van der Waals surface area contributed by atoms with Crippen LogP contribution in [0.25, 0.3) is 0 Å². The number of esters is 1. The van der Waals surface area contributed by atoms with E-state index in [9.17, 15) is 18.4 Å². The Labute approximate surface area is 148 Å². The first-order chi connectivity index (χ1) is 12.0. The Morgan fingerprint density at radius 1 is 1.12 bits per heavy atom. The minimum Gasteiger partial charge on any atom is -0.453 e. The minimum absolute atomic E-state index is 0.0299. The summed E-state index contributed by atoms with van der Waals surface area (Å²) in [5.74, 6) is -1.59. The first-order valence-electron chi connectivity index (χ1n) is 7.59. The number of carbonyl (C=O) groups excluding carboxylic acids is 2. The fraction of sp³-hybridized carbons (Fsp3) is 0.222. The van der Waals surface area contributed by atoms with Gasteiger partial charge in [0.2, 0.25) is 0 Å². The summed E-state index contributed by atoms with van der Waals surface area (Å²) in [6.07, 6.45) is -0.942. The number of ether oxygens (including phenoxy) is 1. The molecule has 0 unspecified atom stereocenters. The Balaban J connectivity index is 1.74. The molecule has 132 valence electrons. The zero-order valence-corrected chi connectivity index (χ0v) is 14.3. The molecular formula is C18H17F2NO3S. The Kier molecular flexibility index (Phi) is 6.94. The van der Waals surface area contributed by atoms with Crippen LogP contribution in [-0.4, -0.2) is 23.7 Å². The lowest BCUT2D eigenvalue weighted by atomic mass is 10.3. The third-order valence-electron chi connectivity index (χ3n) is 3.20. The molecule has 1 N–H and O–H groups in total. The molecule has 0 aliphatic carbocycles. The maximum atomic E-state index is 13.5. The van der Waals surface area contributed by atoms with Crippen molar-refractivity contribution in [3.05, 3.63) is 60.2 Å². The van der Waals surface area contributed by atoms with E-state index >= 15 is 0 Å². The van der Waals surface area contributed by atoms with Crippen LogP contribution in [0.1, 0.15) is 13.3 Å². The van der Waals surface area contributed by atoms with E-state index in [1.54, 1.807) is 18.2 Å². The van der Waals surface area contributed by atoms with Gasteiger partial charge in [0.25, 0.3) is 5.91 Å². The number of rotatable bonds is 7. The minimum atomic E-state index is -1.04. The van der Waals surface area contributed by atoms with Crippen LogP contribution in [0.2, 0.25) is 0 Å². The third-order valence-corrected chi connectivity index (χ3v) is 4.21. The summed E-state index contributed by atoms with van der Waals surface area (Å²) in [4.78, 5) is 24.5. The summed E-state index contributed by atoms with van der Waals surface area (Å²) in [5, 5.41) is 2.37. The molecule has 4 nitrogen and oxygen atoms in total. The lowest BCUT2D eigenvalue weighted by Gasteiger charge is -2.13. The smallest absolute Gasteiger partial charge is 0.307 e. The predicted octanol–water partition coefficient (Wildman–Crippen LogP) is 4.02. The standard InChI is InChI=1S/C18H17F2NO3S/c1-12(18(23)21-16-5-3-2-4-15(16)20)24-17(22)10-11-25-14-8-6-13(19)7-9-14/h2-9,12H,10-11H2,1H3,(H,21,23)/t12-/m0/s1. The Bertz CT molecular complexity index is 737. The molecule has 0 fully saturated rings. The number of thioether (sulfide) groups is 1. The summed E-state index contributed by atoms with van der Waals surface area (Å²) in [6.45, 7) is 1.42. The zero-order chi connectivity index (χ0) is 18.2. The number of hydrogen-bond acceptors (Lipinski definition) is 4. The second-order valence-corrected chi connectivity index (χ2v) is 6.32. The van der Waals surface area contributed by atoms with Gasteiger partial charge in [0.15, 0.2) is 6.10 Å². The van der Waals surface area contributed by atoms with Crippen LogP contribution >= 0.6 is 11.8 Å². The topological polar surface area (TPSA) is 55.4 Å². The van der Waals surface area contributed by atoms with Crippen molar-refractivity contribution in [1.29, 1.82) is 0 Å². The van der Waals surface area contributed by atoms with Gasteiger partial charge in [-0.05, 0) is 43.3 Å². The van der Waals surface area contributed by atoms with Gasteiger partial charge in [0.05, 0.1) is 12.1 Å². The van der Waals surface area contributed by atoms with Crippen LogP contribution in [0, 0.1) is 11.6 Å². The van der Waals surface area contributed by atoms with E-state index in [0.29, 0.717) is 5.75 Å². The lowest BCUT2D eigenvalue weighted by molar-refractivity contribution is -0.152. The number of benzene rings is 2. The van der Waals surface area contributed by atoms with Gasteiger partial charge in [0, 0.05) is 10.6 Å². The first-order valence-corrected chi connectivity index (χ1v) is 8.57. The Hall–Kier alpha value is -2.41. The molecule has 0 aliphatic heterocycles. The second kappa shape index (κ2) is 9.17. The van der Waals surface area contributed by atoms with E-state index < -0.39 is 23.8 Å². The molecule has 25 heavy (non-hydrogen) atoms. The number of carbonyl (C=O) groups is 2. The predicted molar refractivity (Wildman–Crippen MR) is 92.3 cm³/mol. The molecule has 0 saturated carbocycles. The van der Waals surface area contributed by atoms with Crippen LogP contribution in [0.15, 0.2) is 53.4 Å². The molecule has 1 atom stereocenters. The summed E-state index contributed by atoms with van der Waals surface area (Å²) >= 11 is 1.38. The SMILES string of the molecule is C[C@H](OC(=O)CCSc1ccc(F)cc1)C(=O)Nc1ccccc1F. The van der Waals surface area contributed by atoms with E-state index in [-0.39, 0.29) is 17.9 Å². The van der Waals surface area contributed by atoms with Crippen LogP contribution in [-0.2, 0) is 14.3 Å². The largest absolute Gasteiger partial charge is 0.453 e. The number of para-hydroxylation sites is 1. The van der Waals surface area contributed by atoms with E-state index in [1.165, 1.54) is 49.0 Å². The van der Waals surface area contributed by atoms with Crippen molar-refractivity contribution in [2.75, 3.05) is 11.1 Å². The van der Waals surface area contributed by atoms with Crippen molar-refractivity contribution in [1.82, 2.24) is 0 Å². The van der Waals surface area contributed by atoms with Crippen LogP contribution in [0.5, 0.6) is 0 Å². The van der Waals surface area contributed by atoms with Gasteiger partial charge in [-0.3, -0.25) is 9.59 Å². The van der Waals surface area contributed by atoms with Crippen molar-refractivity contribution in [2.24, 2.45) is 0 Å². The quantitative estimate of drug-likeness (QED) is 0.595. The van der Waals surface area contributed by atoms with Gasteiger partial charge in [-0.25, -0.2) is 8.78 Å². The van der Waals surface area contributed by atoms with E-state index in [2.05, 4.69) is 5.32 Å². The maximum absolute atomic E-state index is 13.5. The number of anilines is 1. The van der Waals surface area contributed by atoms with E-state index in [1.807, 2.05) is 0 Å². The highest BCUT2D eigenvalue weighted by Crippen LogP contribution is 2.19. The third kappa shape index (κ3) is 6.19. The highest BCUT2D eigenvalue weighted by molar-refractivity contribution is 7.99. The van der Waals surface area contributed by atoms with Gasteiger partial charge in [-0.2, -0.15) is 0 Å². The summed E-state index contributed by atoms with van der Waals surface area (Å²) < 4.78 is 31.3. The van der Waals surface area contributed by atoms with Gasteiger partial charge < -0.3 is 10.1 Å². The molecule has 0 saturated heterocycles. The molecule has 0 heterocycles. The van der Waals surface area contributed by atoms with Gasteiger partial charge in [-0.15, -0.1) is 11.8 Å². The summed E-state index contributed by atoms with van der Waals surface area (Å²) in [6, 6.07) is 11.7. The second-order valence-electron chi connectivity index (χ2n) is 5.15. The molecule has 0 aliphatic rings. The van der Waals surface area contributed by atoms with Crippen molar-refractivity contribution in [3.8, 4) is 0 Å². The maximum Gasteiger partial charge on any atom is 0.307 e. The first kappa shape index (κ1) is 18.9. The summed E-state index contributed by atoms with van der Waals surface area (Å²) in [7, 11) is 0. The van der Waals surface area contributed by atoms with E-state index in [4.69, 9.17) is 4.74 Å². The highest BCUT2D eigenvalue weighted by atomic mass is 32.2. The van der Waals surface area contributed by atoms with Crippen molar-refractivity contribution < 1.29 is 23.1 Å².